The van der Waals surface area contributed by atoms with Crippen molar-refractivity contribution in [3.8, 4) is 0 Å². The highest BCUT2D eigenvalue weighted by molar-refractivity contribution is 5.14. The summed E-state index contributed by atoms with van der Waals surface area (Å²) in [6.45, 7) is 0.840. The van der Waals surface area contributed by atoms with Gasteiger partial charge in [0, 0.05) is 6.42 Å². The lowest BCUT2D eigenvalue weighted by Crippen LogP contribution is -2.19. The highest BCUT2D eigenvalue weighted by Gasteiger charge is 2.12. The molecule has 1 aromatic carbocycles. The van der Waals surface area contributed by atoms with Crippen LogP contribution in [0.3, 0.4) is 0 Å². The lowest BCUT2D eigenvalue weighted by Gasteiger charge is -2.21. The van der Waals surface area contributed by atoms with E-state index >= 15 is 0 Å². The fourth-order valence-electron chi connectivity index (χ4n) is 2.10. The van der Waals surface area contributed by atoms with E-state index in [1.165, 1.54) is 18.4 Å². The van der Waals surface area contributed by atoms with Crippen molar-refractivity contribution in [3.05, 3.63) is 48.2 Å². The van der Waals surface area contributed by atoms with Crippen LogP contribution in [0, 0.1) is 0 Å². The molecule has 0 saturated carbocycles. The van der Waals surface area contributed by atoms with Crippen LogP contribution in [-0.4, -0.2) is 12.9 Å². The van der Waals surface area contributed by atoms with Crippen LogP contribution in [0.1, 0.15) is 37.7 Å². The fraction of sp³-hybridized carbons (Fsp3) is 0.500. The zero-order valence-electron chi connectivity index (χ0n) is 10.9. The second-order valence-corrected chi connectivity index (χ2v) is 4.68. The Morgan fingerprint density at radius 2 is 2.11 bits per heavy atom. The third-order valence-corrected chi connectivity index (χ3v) is 3.14. The molecule has 2 heteroatoms. The summed E-state index contributed by atoms with van der Waals surface area (Å²) < 4.78 is 11.0. The van der Waals surface area contributed by atoms with E-state index in [0.29, 0.717) is 0 Å². The molecular weight excluding hydrogens is 224 g/mol. The average molecular weight is 246 g/mol. The van der Waals surface area contributed by atoms with Crippen LogP contribution >= 0.6 is 0 Å². The van der Waals surface area contributed by atoms with Crippen LogP contribution < -0.4 is 0 Å². The summed E-state index contributed by atoms with van der Waals surface area (Å²) in [5, 5.41) is 0. The van der Waals surface area contributed by atoms with Gasteiger partial charge in [-0.15, -0.1) is 0 Å². The van der Waals surface area contributed by atoms with E-state index in [1.807, 2.05) is 0 Å². The van der Waals surface area contributed by atoms with Gasteiger partial charge in [-0.2, -0.15) is 0 Å². The van der Waals surface area contributed by atoms with Crippen LogP contribution in [-0.2, 0) is 15.9 Å². The molecule has 0 spiro atoms. The van der Waals surface area contributed by atoms with Gasteiger partial charge in [0.15, 0.2) is 6.29 Å². The highest BCUT2D eigenvalue weighted by atomic mass is 16.7. The van der Waals surface area contributed by atoms with Crippen LogP contribution in [0.2, 0.25) is 0 Å². The second-order valence-electron chi connectivity index (χ2n) is 4.68. The van der Waals surface area contributed by atoms with Crippen molar-refractivity contribution in [1.82, 2.24) is 0 Å². The molecule has 1 heterocycles. The normalized spacial score (nSPS) is 20.1. The van der Waals surface area contributed by atoms with Gasteiger partial charge in [-0.25, -0.2) is 0 Å². The van der Waals surface area contributed by atoms with Crippen LogP contribution in [0.15, 0.2) is 42.7 Å². The maximum absolute atomic E-state index is 5.53. The van der Waals surface area contributed by atoms with Gasteiger partial charge in [0.1, 0.15) is 0 Å². The van der Waals surface area contributed by atoms with E-state index in [0.717, 1.165) is 32.3 Å². The van der Waals surface area contributed by atoms with Crippen molar-refractivity contribution in [1.29, 1.82) is 0 Å². The quantitative estimate of drug-likeness (QED) is 0.556. The predicted molar refractivity (Wildman–Crippen MR) is 73.2 cm³/mol. The van der Waals surface area contributed by atoms with Crippen molar-refractivity contribution in [2.45, 2.75) is 44.8 Å². The van der Waals surface area contributed by atoms with Gasteiger partial charge in [0.25, 0.3) is 0 Å². The maximum atomic E-state index is 5.53. The molecule has 18 heavy (non-hydrogen) atoms. The largest absolute Gasteiger partial charge is 0.473 e. The molecule has 1 unspecified atom stereocenters. The SMILES string of the molecule is C(=C\OC1CCCCO1)/CCCc1ccccc1. The molecular formula is C16H22O2. The molecule has 0 aromatic heterocycles. The summed E-state index contributed by atoms with van der Waals surface area (Å²) in [4.78, 5) is 0. The van der Waals surface area contributed by atoms with Gasteiger partial charge in [-0.05, 0) is 43.7 Å². The molecule has 1 aromatic rings. The average Bonchev–Trinajstić information content (AvgIpc) is 2.45. The monoisotopic (exact) mass is 246 g/mol. The molecule has 2 rings (SSSR count). The Hall–Kier alpha value is -1.28. The van der Waals surface area contributed by atoms with Crippen molar-refractivity contribution < 1.29 is 9.47 Å². The molecule has 1 aliphatic heterocycles. The number of hydrogen-bond acceptors (Lipinski definition) is 2. The third-order valence-electron chi connectivity index (χ3n) is 3.14. The molecule has 0 amide bonds. The van der Waals surface area contributed by atoms with E-state index in [2.05, 4.69) is 36.4 Å². The summed E-state index contributed by atoms with van der Waals surface area (Å²) in [5.41, 5.74) is 1.41. The first kappa shape index (κ1) is 13.2. The lowest BCUT2D eigenvalue weighted by molar-refractivity contribution is -0.129. The van der Waals surface area contributed by atoms with Crippen molar-refractivity contribution in [2.75, 3.05) is 6.61 Å². The zero-order chi connectivity index (χ0) is 12.5. The summed E-state index contributed by atoms with van der Waals surface area (Å²) in [5.74, 6) is 0. The first-order valence-corrected chi connectivity index (χ1v) is 6.91. The number of unbranched alkanes of at least 4 members (excludes halogenated alkanes) is 1. The molecule has 2 nitrogen and oxygen atoms in total. The van der Waals surface area contributed by atoms with Crippen molar-refractivity contribution in [2.24, 2.45) is 0 Å². The summed E-state index contributed by atoms with van der Waals surface area (Å²) in [6.07, 6.45) is 10.6. The summed E-state index contributed by atoms with van der Waals surface area (Å²) in [6, 6.07) is 10.6. The van der Waals surface area contributed by atoms with Gasteiger partial charge >= 0.3 is 0 Å². The van der Waals surface area contributed by atoms with E-state index in [9.17, 15) is 0 Å². The standard InChI is InChI=1S/C16H22O2/c1-3-9-15(10-4-1)11-5-2-7-13-17-16-12-6-8-14-18-16/h1,3-4,7,9-10,13,16H,2,5-6,8,11-12,14H2/b13-7+. The van der Waals surface area contributed by atoms with Crippen LogP contribution in [0.25, 0.3) is 0 Å². The topological polar surface area (TPSA) is 18.5 Å². The molecule has 1 aliphatic rings. The molecule has 1 fully saturated rings. The minimum atomic E-state index is -0.0101. The molecule has 98 valence electrons. The first-order valence-electron chi connectivity index (χ1n) is 6.91. The molecule has 0 aliphatic carbocycles. The fourth-order valence-corrected chi connectivity index (χ4v) is 2.10. The summed E-state index contributed by atoms with van der Waals surface area (Å²) >= 11 is 0. The van der Waals surface area contributed by atoms with E-state index < -0.39 is 0 Å². The Morgan fingerprint density at radius 1 is 1.22 bits per heavy atom. The predicted octanol–water partition coefficient (Wildman–Crippen LogP) is 4.07. The number of allylic oxidation sites excluding steroid dienone is 1. The summed E-state index contributed by atoms with van der Waals surface area (Å²) in [7, 11) is 0. The molecule has 0 bridgehead atoms. The lowest BCUT2D eigenvalue weighted by atomic mass is 10.1. The van der Waals surface area contributed by atoms with E-state index in [-0.39, 0.29) is 6.29 Å². The van der Waals surface area contributed by atoms with Gasteiger partial charge in [0.05, 0.1) is 12.9 Å². The third kappa shape index (κ3) is 4.92. The van der Waals surface area contributed by atoms with E-state index in [1.54, 1.807) is 6.26 Å². The number of aryl methyl sites for hydroxylation is 1. The Morgan fingerprint density at radius 3 is 2.89 bits per heavy atom. The Balaban J connectivity index is 1.55. The second kappa shape index (κ2) is 7.93. The molecule has 0 N–H and O–H groups in total. The smallest absolute Gasteiger partial charge is 0.198 e. The molecule has 0 radical (unpaired) electrons. The number of hydrogen-bond donors (Lipinski definition) is 0. The van der Waals surface area contributed by atoms with Crippen LogP contribution in [0.4, 0.5) is 0 Å². The Bertz CT molecular complexity index is 339. The number of benzene rings is 1. The van der Waals surface area contributed by atoms with Crippen molar-refractivity contribution >= 4 is 0 Å². The number of rotatable bonds is 6. The zero-order valence-corrected chi connectivity index (χ0v) is 10.9. The van der Waals surface area contributed by atoms with E-state index in [4.69, 9.17) is 9.47 Å². The first-order chi connectivity index (χ1) is 8.95. The van der Waals surface area contributed by atoms with Crippen LogP contribution in [0.5, 0.6) is 0 Å². The minimum absolute atomic E-state index is 0.0101. The number of ether oxygens (including phenoxy) is 2. The van der Waals surface area contributed by atoms with Crippen molar-refractivity contribution in [3.63, 3.8) is 0 Å². The molecule has 1 saturated heterocycles. The maximum Gasteiger partial charge on any atom is 0.198 e. The van der Waals surface area contributed by atoms with Gasteiger partial charge in [-0.3, -0.25) is 0 Å². The minimum Gasteiger partial charge on any atom is -0.473 e. The van der Waals surface area contributed by atoms with Gasteiger partial charge in [0.2, 0.25) is 0 Å². The van der Waals surface area contributed by atoms with Gasteiger partial charge < -0.3 is 9.47 Å². The Labute approximate surface area is 110 Å². The highest BCUT2D eigenvalue weighted by Crippen LogP contribution is 2.14. The molecule has 1 atom stereocenters. The Kier molecular flexibility index (Phi) is 5.80. The van der Waals surface area contributed by atoms with Gasteiger partial charge in [-0.1, -0.05) is 30.3 Å².